The van der Waals surface area contributed by atoms with Crippen molar-refractivity contribution in [1.82, 2.24) is 4.57 Å². The number of furan rings is 2. The Morgan fingerprint density at radius 3 is 1.79 bits per heavy atom. The van der Waals surface area contributed by atoms with Gasteiger partial charge in [0.15, 0.2) is 0 Å². The Balaban J connectivity index is 1.51. The van der Waals surface area contributed by atoms with Gasteiger partial charge in [0, 0.05) is 21.9 Å². The van der Waals surface area contributed by atoms with E-state index < -0.39 is 13.0 Å². The highest BCUT2D eigenvalue weighted by atomic mass is 19.3. The van der Waals surface area contributed by atoms with Crippen LogP contribution in [0, 0.1) is 40.6 Å². The number of hydrogen-bond donors (Lipinski definition) is 0. The van der Waals surface area contributed by atoms with Crippen LogP contribution in [0.4, 0.5) is 8.78 Å². The van der Waals surface area contributed by atoms with E-state index in [1.807, 2.05) is 36.4 Å². The second kappa shape index (κ2) is 12.4. The zero-order chi connectivity index (χ0) is 30.3. The van der Waals surface area contributed by atoms with E-state index >= 15 is 0 Å². The standard InChI is InChI=1S/C34H19F2N5O2/c1-40-25(20-39)5-3-7-27-11-15-33(43-27)24-9-13-29-28-12-8-23(16-30(28)41(21-34(35)36)31(29)17-24)32-14-10-26(42-32)6-2-4-22(18-37)19-38/h2-17,34H,21H2/b6-2+,7-3+,25-5+. The number of benzene rings is 2. The summed E-state index contributed by atoms with van der Waals surface area (Å²) in [6, 6.07) is 23.5. The lowest BCUT2D eigenvalue weighted by Crippen LogP contribution is -2.06. The van der Waals surface area contributed by atoms with Crippen LogP contribution in [0.25, 0.3) is 61.5 Å². The van der Waals surface area contributed by atoms with Crippen molar-refractivity contribution in [2.45, 2.75) is 13.0 Å². The first kappa shape index (κ1) is 28.1. The molecule has 0 unspecified atom stereocenters. The number of hydrogen-bond acceptors (Lipinski definition) is 5. The maximum atomic E-state index is 13.8. The number of rotatable bonds is 8. The van der Waals surface area contributed by atoms with E-state index in [0.717, 1.165) is 10.8 Å². The second-order valence-electron chi connectivity index (χ2n) is 9.17. The molecule has 2 aromatic carbocycles. The number of halogens is 2. The molecule has 206 valence electrons. The third kappa shape index (κ3) is 6.03. The maximum Gasteiger partial charge on any atom is 0.261 e. The first-order chi connectivity index (χ1) is 20.9. The average Bonchev–Trinajstić information content (AvgIpc) is 3.76. The highest BCUT2D eigenvalue weighted by Gasteiger charge is 2.17. The highest BCUT2D eigenvalue weighted by molar-refractivity contribution is 6.09. The zero-order valence-corrected chi connectivity index (χ0v) is 22.3. The summed E-state index contributed by atoms with van der Waals surface area (Å²) >= 11 is 0. The van der Waals surface area contributed by atoms with Crippen LogP contribution in [-0.2, 0) is 6.54 Å². The largest absolute Gasteiger partial charge is 0.457 e. The SMILES string of the molecule is [C-]#[N+]/C(C#N)=C/C=C/c1ccc(-c2ccc3c4ccc(-c5ccc(/C=C/C=C(C#N)C#N)o5)cc4n(CC(F)F)c3c2)o1. The Morgan fingerprint density at radius 1 is 0.791 bits per heavy atom. The van der Waals surface area contributed by atoms with Crippen LogP contribution in [0.15, 0.2) is 105 Å². The van der Waals surface area contributed by atoms with Crippen molar-refractivity contribution < 1.29 is 17.6 Å². The first-order valence-corrected chi connectivity index (χ1v) is 12.8. The molecule has 0 fully saturated rings. The van der Waals surface area contributed by atoms with E-state index in [1.54, 1.807) is 71.3 Å². The van der Waals surface area contributed by atoms with Crippen LogP contribution in [0.3, 0.4) is 0 Å². The molecule has 5 aromatic rings. The molecule has 0 radical (unpaired) electrons. The lowest BCUT2D eigenvalue weighted by atomic mass is 10.1. The summed E-state index contributed by atoms with van der Waals surface area (Å²) < 4.78 is 41.0. The quantitative estimate of drug-likeness (QED) is 0.106. The minimum Gasteiger partial charge on any atom is -0.457 e. The molecule has 0 N–H and O–H groups in total. The molecule has 7 nitrogen and oxygen atoms in total. The van der Waals surface area contributed by atoms with Crippen LogP contribution >= 0.6 is 0 Å². The number of fused-ring (bicyclic) bond motifs is 3. The molecule has 0 spiro atoms. The maximum absolute atomic E-state index is 13.8. The fourth-order valence-electron chi connectivity index (χ4n) is 4.60. The third-order valence-electron chi connectivity index (χ3n) is 6.52. The van der Waals surface area contributed by atoms with E-state index in [-0.39, 0.29) is 11.3 Å². The van der Waals surface area contributed by atoms with Crippen LogP contribution < -0.4 is 0 Å². The monoisotopic (exact) mass is 567 g/mol. The molecule has 3 aromatic heterocycles. The molecule has 3 heterocycles. The predicted molar refractivity (Wildman–Crippen MR) is 159 cm³/mol. The van der Waals surface area contributed by atoms with Gasteiger partial charge >= 0.3 is 0 Å². The summed E-state index contributed by atoms with van der Waals surface area (Å²) in [6.45, 7) is 6.42. The van der Waals surface area contributed by atoms with Gasteiger partial charge in [0.05, 0.1) is 30.2 Å². The third-order valence-corrected chi connectivity index (χ3v) is 6.52. The van der Waals surface area contributed by atoms with Gasteiger partial charge < -0.3 is 13.4 Å². The molecular formula is C34H19F2N5O2. The summed E-state index contributed by atoms with van der Waals surface area (Å²) in [6.07, 6.45) is 6.52. The first-order valence-electron chi connectivity index (χ1n) is 12.8. The van der Waals surface area contributed by atoms with E-state index in [4.69, 9.17) is 31.2 Å². The van der Waals surface area contributed by atoms with Crippen molar-refractivity contribution in [3.63, 3.8) is 0 Å². The number of nitriles is 3. The van der Waals surface area contributed by atoms with Crippen LogP contribution in [0.1, 0.15) is 11.5 Å². The van der Waals surface area contributed by atoms with Gasteiger partial charge in [-0.15, -0.1) is 0 Å². The zero-order valence-electron chi connectivity index (χ0n) is 22.3. The number of alkyl halides is 2. The van der Waals surface area contributed by atoms with Gasteiger partial charge in [0.2, 0.25) is 0 Å². The number of nitrogens with zero attached hydrogens (tertiary/aromatic N) is 5. The Kier molecular flexibility index (Phi) is 8.11. The van der Waals surface area contributed by atoms with Crippen LogP contribution in [0.5, 0.6) is 0 Å². The molecule has 0 aliphatic carbocycles. The fourth-order valence-corrected chi connectivity index (χ4v) is 4.60. The Morgan fingerprint density at radius 2 is 1.33 bits per heavy atom. The topological polar surface area (TPSA) is 107 Å². The summed E-state index contributed by atoms with van der Waals surface area (Å²) in [7, 11) is 0. The Labute approximate surface area is 244 Å². The van der Waals surface area contributed by atoms with Crippen molar-refractivity contribution in [1.29, 1.82) is 15.8 Å². The molecule has 9 heteroatoms. The molecule has 0 amide bonds. The van der Waals surface area contributed by atoms with Gasteiger partial charge in [-0.3, -0.25) is 0 Å². The van der Waals surface area contributed by atoms with E-state index in [1.165, 1.54) is 12.2 Å². The van der Waals surface area contributed by atoms with Gasteiger partial charge in [-0.25, -0.2) is 18.9 Å². The van der Waals surface area contributed by atoms with E-state index in [9.17, 15) is 8.78 Å². The van der Waals surface area contributed by atoms with Crippen molar-refractivity contribution >= 4 is 34.0 Å². The van der Waals surface area contributed by atoms with Crippen molar-refractivity contribution in [3.05, 3.63) is 119 Å². The molecule has 5 rings (SSSR count). The predicted octanol–water partition coefficient (Wildman–Crippen LogP) is 8.91. The van der Waals surface area contributed by atoms with E-state index in [2.05, 4.69) is 4.85 Å². The molecule has 0 aliphatic rings. The summed E-state index contributed by atoms with van der Waals surface area (Å²) in [4.78, 5) is 3.10. The molecule has 0 saturated carbocycles. The number of allylic oxidation sites excluding steroid dienone is 6. The molecule has 43 heavy (non-hydrogen) atoms. The summed E-state index contributed by atoms with van der Waals surface area (Å²) in [5, 5.41) is 28.2. The summed E-state index contributed by atoms with van der Waals surface area (Å²) in [5.41, 5.74) is 2.56. The molecule has 0 bridgehead atoms. The van der Waals surface area contributed by atoms with Gasteiger partial charge in [0.1, 0.15) is 40.8 Å². The normalized spacial score (nSPS) is 11.7. The van der Waals surface area contributed by atoms with E-state index in [0.29, 0.717) is 45.2 Å². The summed E-state index contributed by atoms with van der Waals surface area (Å²) in [5.74, 6) is 2.07. The molecule has 0 saturated heterocycles. The van der Waals surface area contributed by atoms with Gasteiger partial charge in [-0.05, 0) is 60.7 Å². The average molecular weight is 568 g/mol. The minimum absolute atomic E-state index is 0.0340. The van der Waals surface area contributed by atoms with Crippen molar-refractivity contribution in [2.24, 2.45) is 0 Å². The van der Waals surface area contributed by atoms with Gasteiger partial charge in [-0.2, -0.15) is 10.5 Å². The smallest absolute Gasteiger partial charge is 0.261 e. The fraction of sp³-hybridized carbons (Fsp3) is 0.0588. The Hall–Kier alpha value is -6.42. The van der Waals surface area contributed by atoms with Crippen molar-refractivity contribution in [3.8, 4) is 40.9 Å². The lowest BCUT2D eigenvalue weighted by Gasteiger charge is -2.08. The van der Waals surface area contributed by atoms with Gasteiger partial charge in [0.25, 0.3) is 12.1 Å². The molecular weight excluding hydrogens is 548 g/mol. The Bertz CT molecular complexity index is 1960. The number of aromatic nitrogens is 1. The second-order valence-corrected chi connectivity index (χ2v) is 9.17. The van der Waals surface area contributed by atoms with Crippen LogP contribution in [0.2, 0.25) is 0 Å². The minimum atomic E-state index is -2.59. The van der Waals surface area contributed by atoms with Gasteiger partial charge in [-0.1, -0.05) is 36.4 Å². The molecule has 0 aliphatic heterocycles. The molecule has 0 atom stereocenters. The van der Waals surface area contributed by atoms with Crippen molar-refractivity contribution in [2.75, 3.05) is 0 Å². The lowest BCUT2D eigenvalue weighted by molar-refractivity contribution is 0.129. The van der Waals surface area contributed by atoms with Crippen LogP contribution in [-0.4, -0.2) is 11.0 Å². The highest BCUT2D eigenvalue weighted by Crippen LogP contribution is 2.36.